The zero-order valence-corrected chi connectivity index (χ0v) is 24.3. The van der Waals surface area contributed by atoms with Crippen LogP contribution in [-0.4, -0.2) is 39.5 Å². The largest absolute Gasteiger partial charge is 0.497 e. The molecular formula is C29H26F7N5O4. The van der Waals surface area contributed by atoms with Crippen LogP contribution in [0, 0.1) is 11.6 Å². The highest BCUT2D eigenvalue weighted by molar-refractivity contribution is 6.06. The minimum absolute atomic E-state index is 0.0568. The van der Waals surface area contributed by atoms with E-state index in [1.165, 1.54) is 0 Å². The summed E-state index contributed by atoms with van der Waals surface area (Å²) in [6, 6.07) is 7.48. The van der Waals surface area contributed by atoms with E-state index < -0.39 is 69.8 Å². The summed E-state index contributed by atoms with van der Waals surface area (Å²) in [5, 5.41) is 5.11. The predicted octanol–water partition coefficient (Wildman–Crippen LogP) is 6.61. The average Bonchev–Trinajstić information content (AvgIpc) is 3.15. The first-order valence-electron chi connectivity index (χ1n) is 13.0. The number of ether oxygens (including phenoxy) is 2. The number of aromatic nitrogens is 3. The molecule has 16 heteroatoms. The van der Waals surface area contributed by atoms with E-state index in [2.05, 4.69) is 20.4 Å². The zero-order valence-electron chi connectivity index (χ0n) is 24.3. The van der Waals surface area contributed by atoms with Gasteiger partial charge in [0.2, 0.25) is 0 Å². The highest BCUT2D eigenvalue weighted by Crippen LogP contribution is 2.37. The van der Waals surface area contributed by atoms with Gasteiger partial charge in [-0.25, -0.2) is 13.8 Å². The highest BCUT2D eigenvalue weighted by atomic mass is 19.4. The highest BCUT2D eigenvalue weighted by Gasteiger charge is 2.38. The van der Waals surface area contributed by atoms with Crippen LogP contribution in [0.2, 0.25) is 0 Å². The molecule has 0 saturated heterocycles. The number of nitrogens with zero attached hydrogens (tertiary/aromatic N) is 3. The lowest BCUT2D eigenvalue weighted by Gasteiger charge is -2.23. The van der Waals surface area contributed by atoms with Gasteiger partial charge in [-0.1, -0.05) is 0 Å². The van der Waals surface area contributed by atoms with E-state index in [1.54, 1.807) is 20.8 Å². The quantitative estimate of drug-likeness (QED) is 0.210. The Kier molecular flexibility index (Phi) is 8.89. The number of benzene rings is 2. The Bertz CT molecular complexity index is 1770. The van der Waals surface area contributed by atoms with Gasteiger partial charge in [0.25, 0.3) is 11.5 Å². The third kappa shape index (κ3) is 7.05. The Morgan fingerprint density at radius 1 is 0.956 bits per heavy atom. The number of rotatable bonds is 8. The molecule has 2 aromatic heterocycles. The summed E-state index contributed by atoms with van der Waals surface area (Å²) >= 11 is 0. The Hall–Kier alpha value is -5.02. The number of hydrogen-bond donors (Lipinski definition) is 2. The van der Waals surface area contributed by atoms with Gasteiger partial charge in [0.05, 0.1) is 12.7 Å². The number of alkyl halides is 5. The SMILES string of the molecule is COc1cc(F)c(-c2c(NC(=O)c3ccc(OC(F)F)cc3)c(=O)n(-c3nc(NC(C)(C)C)ccc3C(F)(F)F)n2C)c(F)c1. The summed E-state index contributed by atoms with van der Waals surface area (Å²) < 4.78 is 109. The number of methoxy groups -OCH3 is 1. The normalized spacial score (nSPS) is 11.9. The van der Waals surface area contributed by atoms with Gasteiger partial charge in [0.15, 0.2) is 5.82 Å². The van der Waals surface area contributed by atoms with Crippen LogP contribution in [0.1, 0.15) is 36.7 Å². The summed E-state index contributed by atoms with van der Waals surface area (Å²) in [6.45, 7) is 2.01. The lowest BCUT2D eigenvalue weighted by atomic mass is 10.1. The second-order valence-corrected chi connectivity index (χ2v) is 10.6. The molecule has 2 N–H and O–H groups in total. The van der Waals surface area contributed by atoms with Crippen molar-refractivity contribution in [1.82, 2.24) is 14.3 Å². The lowest BCUT2D eigenvalue weighted by Crippen LogP contribution is -2.29. The number of carbonyl (C=O) groups excluding carboxylic acids is 1. The summed E-state index contributed by atoms with van der Waals surface area (Å²) in [4.78, 5) is 31.1. The van der Waals surface area contributed by atoms with E-state index in [0.717, 1.165) is 61.3 Å². The number of amides is 1. The maximum Gasteiger partial charge on any atom is 0.420 e. The Balaban J connectivity index is 1.99. The van der Waals surface area contributed by atoms with Crippen LogP contribution in [0.25, 0.3) is 17.1 Å². The molecule has 0 atom stereocenters. The van der Waals surface area contributed by atoms with Gasteiger partial charge >= 0.3 is 12.8 Å². The van der Waals surface area contributed by atoms with Crippen molar-refractivity contribution in [3.8, 4) is 28.6 Å². The second-order valence-electron chi connectivity index (χ2n) is 10.6. The van der Waals surface area contributed by atoms with E-state index in [9.17, 15) is 31.5 Å². The standard InChI is InChI=1S/C29H26F7N5O4/c1-28(2,3)39-20-11-10-17(29(34,35)36)24(37-20)41-26(43)22(38-25(42)14-6-8-15(9-7-14)45-27(32)33)23(40(41)4)21-18(30)12-16(44-5)13-19(21)31/h6-13,27H,1-5H3,(H,37,39)(H,38,42). The Morgan fingerprint density at radius 3 is 2.07 bits per heavy atom. The van der Waals surface area contributed by atoms with Crippen molar-refractivity contribution >= 4 is 17.4 Å². The minimum Gasteiger partial charge on any atom is -0.497 e. The fraction of sp³-hybridized carbons (Fsp3) is 0.276. The summed E-state index contributed by atoms with van der Waals surface area (Å²) in [5.74, 6) is -5.13. The first-order valence-corrected chi connectivity index (χ1v) is 13.0. The maximum absolute atomic E-state index is 15.4. The molecule has 4 rings (SSSR count). The van der Waals surface area contributed by atoms with Gasteiger partial charge in [0, 0.05) is 30.3 Å². The Labute approximate surface area is 251 Å². The van der Waals surface area contributed by atoms with Crippen LogP contribution in [0.4, 0.5) is 42.2 Å². The maximum atomic E-state index is 15.4. The van der Waals surface area contributed by atoms with Crippen LogP contribution in [0.5, 0.6) is 11.5 Å². The number of anilines is 2. The van der Waals surface area contributed by atoms with Crippen molar-refractivity contribution in [2.75, 3.05) is 17.7 Å². The van der Waals surface area contributed by atoms with Gasteiger partial charge in [-0.2, -0.15) is 26.6 Å². The summed E-state index contributed by atoms with van der Waals surface area (Å²) in [7, 11) is 2.20. The molecule has 9 nitrogen and oxygen atoms in total. The molecule has 2 heterocycles. The summed E-state index contributed by atoms with van der Waals surface area (Å²) in [6.07, 6.45) is -5.03. The molecule has 240 valence electrons. The lowest BCUT2D eigenvalue weighted by molar-refractivity contribution is -0.137. The van der Waals surface area contributed by atoms with Crippen molar-refractivity contribution in [2.45, 2.75) is 39.1 Å². The van der Waals surface area contributed by atoms with Gasteiger partial charge in [-0.3, -0.25) is 14.3 Å². The van der Waals surface area contributed by atoms with Crippen molar-refractivity contribution in [3.05, 3.63) is 81.6 Å². The summed E-state index contributed by atoms with van der Waals surface area (Å²) in [5.41, 5.74) is -5.88. The first-order chi connectivity index (χ1) is 20.9. The van der Waals surface area contributed by atoms with E-state index >= 15 is 8.78 Å². The zero-order chi connectivity index (χ0) is 33.4. The number of nitrogens with one attached hydrogen (secondary N) is 2. The first kappa shape index (κ1) is 32.9. The minimum atomic E-state index is -5.03. The van der Waals surface area contributed by atoms with E-state index in [0.29, 0.717) is 10.7 Å². The van der Waals surface area contributed by atoms with Crippen LogP contribution >= 0.6 is 0 Å². The Morgan fingerprint density at radius 2 is 1.56 bits per heavy atom. The topological polar surface area (TPSA) is 99.4 Å². The van der Waals surface area contributed by atoms with Crippen LogP contribution in [-0.2, 0) is 13.2 Å². The molecule has 0 radical (unpaired) electrons. The molecule has 2 aromatic carbocycles. The van der Waals surface area contributed by atoms with Crippen molar-refractivity contribution in [2.24, 2.45) is 7.05 Å². The van der Waals surface area contributed by atoms with Gasteiger partial charge in [-0.15, -0.1) is 0 Å². The molecule has 0 bridgehead atoms. The molecule has 0 spiro atoms. The average molecular weight is 642 g/mol. The third-order valence-electron chi connectivity index (χ3n) is 6.22. The second kappa shape index (κ2) is 12.2. The fourth-order valence-electron chi connectivity index (χ4n) is 4.40. The smallest absolute Gasteiger partial charge is 0.420 e. The number of carbonyl (C=O) groups is 1. The molecule has 0 fully saturated rings. The number of halogens is 7. The van der Waals surface area contributed by atoms with E-state index in [4.69, 9.17) is 4.74 Å². The molecule has 1 amide bonds. The number of hydrogen-bond acceptors (Lipinski definition) is 6. The monoisotopic (exact) mass is 641 g/mol. The molecule has 0 aliphatic rings. The van der Waals surface area contributed by atoms with Gasteiger partial charge in [-0.05, 0) is 57.2 Å². The predicted molar refractivity (Wildman–Crippen MR) is 150 cm³/mol. The molecule has 4 aromatic rings. The van der Waals surface area contributed by atoms with Crippen LogP contribution < -0.4 is 25.7 Å². The fourth-order valence-corrected chi connectivity index (χ4v) is 4.40. The molecule has 0 unspecified atom stereocenters. The van der Waals surface area contributed by atoms with Crippen molar-refractivity contribution in [1.29, 1.82) is 0 Å². The van der Waals surface area contributed by atoms with Crippen molar-refractivity contribution < 1.29 is 45.0 Å². The van der Waals surface area contributed by atoms with Gasteiger partial charge in [0.1, 0.15) is 45.9 Å². The van der Waals surface area contributed by atoms with Crippen LogP contribution in [0.15, 0.2) is 53.3 Å². The molecule has 0 aliphatic carbocycles. The van der Waals surface area contributed by atoms with Crippen LogP contribution in [0.3, 0.4) is 0 Å². The molecule has 0 saturated carbocycles. The van der Waals surface area contributed by atoms with Crippen molar-refractivity contribution in [3.63, 3.8) is 0 Å². The molecule has 0 aliphatic heterocycles. The molecule has 45 heavy (non-hydrogen) atoms. The van der Waals surface area contributed by atoms with Gasteiger partial charge < -0.3 is 20.1 Å². The van der Waals surface area contributed by atoms with E-state index in [-0.39, 0.29) is 22.9 Å². The molecular weight excluding hydrogens is 615 g/mol. The number of pyridine rings is 1. The van der Waals surface area contributed by atoms with E-state index in [1.807, 2.05) is 0 Å². The third-order valence-corrected chi connectivity index (χ3v) is 6.22.